The number of hydrogen-bond acceptors (Lipinski definition) is 8. The van der Waals surface area contributed by atoms with Gasteiger partial charge in [-0.25, -0.2) is 19.3 Å². The summed E-state index contributed by atoms with van der Waals surface area (Å²) < 4.78 is 27.4. The number of aliphatic hydroxyl groups excluding tert-OH is 1. The van der Waals surface area contributed by atoms with E-state index in [1.807, 2.05) is 0 Å². The van der Waals surface area contributed by atoms with Crippen LogP contribution in [0.2, 0.25) is 0 Å². The fourth-order valence-corrected chi connectivity index (χ4v) is 3.21. The number of aromatic nitrogens is 4. The number of hydrogen-bond donors (Lipinski definition) is 3. The van der Waals surface area contributed by atoms with Crippen molar-refractivity contribution < 1.29 is 19.0 Å². The fraction of sp³-hybridized carbons (Fsp3) is 0.643. The maximum Gasteiger partial charge on any atom is 0.167 e. The molecule has 130 valence electrons. The van der Waals surface area contributed by atoms with Gasteiger partial charge in [0.25, 0.3) is 0 Å². The van der Waals surface area contributed by atoms with Crippen LogP contribution in [0.1, 0.15) is 12.6 Å². The van der Waals surface area contributed by atoms with Crippen LogP contribution >= 0.6 is 0 Å². The summed E-state index contributed by atoms with van der Waals surface area (Å²) in [4.78, 5) is 12.1. The van der Waals surface area contributed by atoms with Crippen LogP contribution in [-0.2, 0) is 9.47 Å². The number of rotatable bonds is 3. The first kappa shape index (κ1) is 15.6. The van der Waals surface area contributed by atoms with E-state index in [-0.39, 0.29) is 11.9 Å². The Labute approximate surface area is 137 Å². The van der Waals surface area contributed by atoms with Crippen molar-refractivity contribution in [2.24, 2.45) is 0 Å². The molecule has 0 aromatic carbocycles. The van der Waals surface area contributed by atoms with E-state index in [1.165, 1.54) is 17.2 Å². The van der Waals surface area contributed by atoms with Crippen LogP contribution in [-0.4, -0.2) is 68.8 Å². The van der Waals surface area contributed by atoms with Gasteiger partial charge in [0, 0.05) is 19.5 Å². The second-order valence-corrected chi connectivity index (χ2v) is 6.02. The van der Waals surface area contributed by atoms with Crippen LogP contribution < -0.4 is 11.1 Å². The van der Waals surface area contributed by atoms with Gasteiger partial charge in [-0.1, -0.05) is 0 Å². The second-order valence-electron chi connectivity index (χ2n) is 6.02. The summed E-state index contributed by atoms with van der Waals surface area (Å²) in [7, 11) is 0. The Bertz CT molecular complexity index is 722. The summed E-state index contributed by atoms with van der Waals surface area (Å²) in [5, 5.41) is 13.5. The molecule has 2 aromatic rings. The molecule has 4 heterocycles. The molecular formula is C14H19FN6O3. The molecule has 0 radical (unpaired) electrons. The summed E-state index contributed by atoms with van der Waals surface area (Å²) in [6.07, 6.45) is -1.55. The number of imidazole rings is 1. The Morgan fingerprint density at radius 2 is 2.29 bits per heavy atom. The van der Waals surface area contributed by atoms with Crippen molar-refractivity contribution in [3.05, 3.63) is 12.7 Å². The Morgan fingerprint density at radius 3 is 3.08 bits per heavy atom. The van der Waals surface area contributed by atoms with Crippen molar-refractivity contribution in [2.75, 3.05) is 25.4 Å². The molecule has 9 nitrogen and oxygen atoms in total. The molecule has 2 saturated heterocycles. The highest BCUT2D eigenvalue weighted by atomic mass is 19.1. The summed E-state index contributed by atoms with van der Waals surface area (Å²) in [6, 6.07) is 0. The number of aliphatic hydroxyl groups is 1. The highest BCUT2D eigenvalue weighted by molar-refractivity contribution is 5.81. The molecule has 0 bridgehead atoms. The number of fused-ring (bicyclic) bond motifs is 1. The zero-order valence-electron chi connectivity index (χ0n) is 12.9. The van der Waals surface area contributed by atoms with Gasteiger partial charge in [-0.2, -0.15) is 0 Å². The molecular weight excluding hydrogens is 319 g/mol. The maximum absolute atomic E-state index is 14.5. The molecule has 0 aliphatic carbocycles. The Hall–Kier alpha value is -1.88. The molecule has 2 aliphatic heterocycles. The van der Waals surface area contributed by atoms with Crippen molar-refractivity contribution >= 4 is 17.0 Å². The van der Waals surface area contributed by atoms with E-state index in [0.29, 0.717) is 30.7 Å². The van der Waals surface area contributed by atoms with Gasteiger partial charge in [0.2, 0.25) is 0 Å². The van der Waals surface area contributed by atoms with E-state index in [4.69, 9.17) is 15.2 Å². The predicted molar refractivity (Wildman–Crippen MR) is 81.8 cm³/mol. The van der Waals surface area contributed by atoms with Gasteiger partial charge >= 0.3 is 0 Å². The number of alkyl halides is 1. The van der Waals surface area contributed by atoms with Gasteiger partial charge in [-0.3, -0.25) is 4.57 Å². The largest absolute Gasteiger partial charge is 0.385 e. The standard InChI is InChI=1S/C14H19FN6O3/c15-9-8(3-7-4-17-1-2-23-7)24-14(11(9)22)21-6-20-10-12(16)18-5-19-13(10)21/h5-9,11,14,17,22H,1-4H2,(H2,16,18,19)/t7?,8-,9+,11-,14-/m1/s1. The molecule has 5 atom stereocenters. The predicted octanol–water partition coefficient (Wildman–Crippen LogP) is -0.617. The van der Waals surface area contributed by atoms with Gasteiger partial charge in [0.15, 0.2) is 23.9 Å². The minimum atomic E-state index is -1.52. The summed E-state index contributed by atoms with van der Waals surface area (Å²) in [6.45, 7) is 2.02. The summed E-state index contributed by atoms with van der Waals surface area (Å²) in [5.74, 6) is 0.223. The number of nitrogens with two attached hydrogens (primary N) is 1. The first-order chi connectivity index (χ1) is 11.6. The van der Waals surface area contributed by atoms with E-state index in [1.54, 1.807) is 0 Å². The third kappa shape index (κ3) is 2.61. The van der Waals surface area contributed by atoms with Crippen molar-refractivity contribution in [1.29, 1.82) is 0 Å². The lowest BCUT2D eigenvalue weighted by atomic mass is 10.0. The maximum atomic E-state index is 14.5. The van der Waals surface area contributed by atoms with Gasteiger partial charge in [0.05, 0.1) is 25.1 Å². The third-order valence-electron chi connectivity index (χ3n) is 4.45. The molecule has 2 aliphatic rings. The minimum Gasteiger partial charge on any atom is -0.385 e. The Balaban J connectivity index is 1.56. The molecule has 24 heavy (non-hydrogen) atoms. The Kier molecular flexibility index (Phi) is 4.04. The van der Waals surface area contributed by atoms with Crippen molar-refractivity contribution in [3.8, 4) is 0 Å². The lowest BCUT2D eigenvalue weighted by Crippen LogP contribution is -2.41. The lowest BCUT2D eigenvalue weighted by Gasteiger charge is -2.26. The van der Waals surface area contributed by atoms with E-state index < -0.39 is 24.6 Å². The van der Waals surface area contributed by atoms with Crippen LogP contribution in [0.3, 0.4) is 0 Å². The molecule has 2 fully saturated rings. The smallest absolute Gasteiger partial charge is 0.167 e. The first-order valence-corrected chi connectivity index (χ1v) is 7.88. The normalized spacial score (nSPS) is 34.0. The van der Waals surface area contributed by atoms with Crippen LogP contribution in [0.15, 0.2) is 12.7 Å². The lowest BCUT2D eigenvalue weighted by molar-refractivity contribution is -0.0620. The molecule has 1 unspecified atom stereocenters. The number of nitrogens with zero attached hydrogens (tertiary/aromatic N) is 4. The third-order valence-corrected chi connectivity index (χ3v) is 4.45. The SMILES string of the molecule is Nc1ncnc2c1ncn2[C@@H]1O[C@H](CC2CNCCO2)[C@H](F)[C@H]1O. The van der Waals surface area contributed by atoms with Gasteiger partial charge in [-0.15, -0.1) is 0 Å². The van der Waals surface area contributed by atoms with Gasteiger partial charge in [-0.05, 0) is 0 Å². The zero-order valence-corrected chi connectivity index (χ0v) is 12.9. The molecule has 0 saturated carbocycles. The molecule has 4 rings (SSSR count). The number of anilines is 1. The second kappa shape index (κ2) is 6.20. The summed E-state index contributed by atoms with van der Waals surface area (Å²) in [5.41, 5.74) is 6.55. The molecule has 0 amide bonds. The highest BCUT2D eigenvalue weighted by Crippen LogP contribution is 2.35. The minimum absolute atomic E-state index is 0.134. The van der Waals surface area contributed by atoms with Crippen LogP contribution in [0.4, 0.5) is 10.2 Å². The highest BCUT2D eigenvalue weighted by Gasteiger charge is 2.46. The molecule has 0 spiro atoms. The first-order valence-electron chi connectivity index (χ1n) is 7.88. The van der Waals surface area contributed by atoms with E-state index in [2.05, 4.69) is 20.3 Å². The van der Waals surface area contributed by atoms with E-state index in [0.717, 1.165) is 6.54 Å². The van der Waals surface area contributed by atoms with Crippen molar-refractivity contribution in [3.63, 3.8) is 0 Å². The monoisotopic (exact) mass is 338 g/mol. The van der Waals surface area contributed by atoms with Gasteiger partial charge < -0.3 is 25.6 Å². The number of nitrogen functional groups attached to an aromatic ring is 1. The van der Waals surface area contributed by atoms with Crippen LogP contribution in [0.5, 0.6) is 0 Å². The van der Waals surface area contributed by atoms with Crippen molar-refractivity contribution in [2.45, 2.75) is 37.1 Å². The average Bonchev–Trinajstić information content (AvgIpc) is 3.13. The van der Waals surface area contributed by atoms with Gasteiger partial charge in [0.1, 0.15) is 17.9 Å². The van der Waals surface area contributed by atoms with Crippen LogP contribution in [0, 0.1) is 0 Å². The zero-order chi connectivity index (χ0) is 16.7. The van der Waals surface area contributed by atoms with Crippen molar-refractivity contribution in [1.82, 2.24) is 24.8 Å². The Morgan fingerprint density at radius 1 is 1.42 bits per heavy atom. The topological polar surface area (TPSA) is 120 Å². The number of morpholine rings is 1. The van der Waals surface area contributed by atoms with Crippen LogP contribution in [0.25, 0.3) is 11.2 Å². The van der Waals surface area contributed by atoms with E-state index >= 15 is 0 Å². The fourth-order valence-electron chi connectivity index (χ4n) is 3.21. The number of halogens is 1. The molecule has 10 heteroatoms. The molecule has 4 N–H and O–H groups in total. The molecule has 2 aromatic heterocycles. The summed E-state index contributed by atoms with van der Waals surface area (Å²) >= 11 is 0. The number of nitrogens with one attached hydrogen (secondary N) is 1. The quantitative estimate of drug-likeness (QED) is 0.677. The number of ether oxygens (including phenoxy) is 2. The average molecular weight is 338 g/mol. The van der Waals surface area contributed by atoms with E-state index in [9.17, 15) is 9.50 Å².